The minimum absolute atomic E-state index is 0.124. The maximum absolute atomic E-state index is 5.85. The van der Waals surface area contributed by atoms with Gasteiger partial charge in [-0.2, -0.15) is 10.1 Å². The van der Waals surface area contributed by atoms with Crippen molar-refractivity contribution in [2.75, 3.05) is 11.9 Å². The Kier molecular flexibility index (Phi) is 4.32. The van der Waals surface area contributed by atoms with Crippen molar-refractivity contribution >= 4 is 5.82 Å². The SMILES string of the molecule is Cc1nc2n(n1)CCCC2Nc1cncc(OCC2CCCC2)n1. The van der Waals surface area contributed by atoms with Gasteiger partial charge in [-0.1, -0.05) is 12.8 Å². The molecule has 1 saturated carbocycles. The zero-order valence-electron chi connectivity index (χ0n) is 14.1. The van der Waals surface area contributed by atoms with Crippen LogP contribution < -0.4 is 10.1 Å². The van der Waals surface area contributed by atoms with E-state index >= 15 is 0 Å². The average Bonchev–Trinajstić information content (AvgIpc) is 3.22. The third-order valence-electron chi connectivity index (χ3n) is 4.86. The number of nitrogens with zero attached hydrogens (tertiary/aromatic N) is 5. The Labute approximate surface area is 141 Å². The molecule has 1 fully saturated rings. The first-order valence-electron chi connectivity index (χ1n) is 8.90. The number of nitrogens with one attached hydrogen (secondary N) is 1. The predicted octanol–water partition coefficient (Wildman–Crippen LogP) is 2.89. The van der Waals surface area contributed by atoms with Gasteiger partial charge in [-0.3, -0.25) is 4.98 Å². The van der Waals surface area contributed by atoms with Gasteiger partial charge >= 0.3 is 0 Å². The Balaban J connectivity index is 1.42. The van der Waals surface area contributed by atoms with Gasteiger partial charge in [0.1, 0.15) is 17.5 Å². The standard InChI is InChI=1S/C17H24N6O/c1-12-19-17-14(7-4-8-23(17)22-12)20-15-9-18-10-16(21-15)24-11-13-5-2-3-6-13/h9-10,13-14H,2-8,11H2,1H3,(H,20,21). The van der Waals surface area contributed by atoms with Gasteiger partial charge in [0, 0.05) is 6.54 Å². The van der Waals surface area contributed by atoms with Crippen LogP contribution in [0.1, 0.15) is 56.2 Å². The zero-order valence-corrected chi connectivity index (χ0v) is 14.1. The molecule has 3 heterocycles. The quantitative estimate of drug-likeness (QED) is 0.909. The number of rotatable bonds is 5. The third-order valence-corrected chi connectivity index (χ3v) is 4.86. The van der Waals surface area contributed by atoms with Crippen LogP contribution in [0.5, 0.6) is 5.88 Å². The van der Waals surface area contributed by atoms with Crippen LogP contribution in [-0.4, -0.2) is 31.3 Å². The second kappa shape index (κ2) is 6.75. The monoisotopic (exact) mass is 328 g/mol. The van der Waals surface area contributed by atoms with Crippen molar-refractivity contribution in [3.8, 4) is 5.88 Å². The lowest BCUT2D eigenvalue weighted by Crippen LogP contribution is -2.23. The van der Waals surface area contributed by atoms with Crippen molar-refractivity contribution in [1.29, 1.82) is 0 Å². The lowest BCUT2D eigenvalue weighted by Gasteiger charge is -2.23. The van der Waals surface area contributed by atoms with Gasteiger partial charge in [0.25, 0.3) is 0 Å². The molecular weight excluding hydrogens is 304 g/mol. The van der Waals surface area contributed by atoms with Gasteiger partial charge < -0.3 is 10.1 Å². The van der Waals surface area contributed by atoms with E-state index in [1.165, 1.54) is 25.7 Å². The normalized spacial score (nSPS) is 20.8. The Morgan fingerprint density at radius 3 is 2.92 bits per heavy atom. The summed E-state index contributed by atoms with van der Waals surface area (Å²) in [6.45, 7) is 3.61. The fourth-order valence-corrected chi connectivity index (χ4v) is 3.65. The highest BCUT2D eigenvalue weighted by Gasteiger charge is 2.24. The van der Waals surface area contributed by atoms with Crippen molar-refractivity contribution in [2.24, 2.45) is 5.92 Å². The number of aryl methyl sites for hydroxylation is 2. The van der Waals surface area contributed by atoms with Gasteiger partial charge in [0.2, 0.25) is 5.88 Å². The summed E-state index contributed by atoms with van der Waals surface area (Å²) in [5, 5.41) is 7.88. The van der Waals surface area contributed by atoms with Crippen LogP contribution in [0.4, 0.5) is 5.82 Å². The minimum atomic E-state index is 0.124. The van der Waals surface area contributed by atoms with Crippen LogP contribution >= 0.6 is 0 Å². The Morgan fingerprint density at radius 2 is 2.04 bits per heavy atom. The summed E-state index contributed by atoms with van der Waals surface area (Å²) >= 11 is 0. The van der Waals surface area contributed by atoms with Gasteiger partial charge in [-0.15, -0.1) is 0 Å². The first kappa shape index (κ1) is 15.4. The van der Waals surface area contributed by atoms with E-state index in [2.05, 4.69) is 25.4 Å². The lowest BCUT2D eigenvalue weighted by molar-refractivity contribution is 0.243. The fourth-order valence-electron chi connectivity index (χ4n) is 3.65. The van der Waals surface area contributed by atoms with Crippen LogP contribution in [-0.2, 0) is 6.54 Å². The second-order valence-corrected chi connectivity index (χ2v) is 6.78. The number of aromatic nitrogens is 5. The highest BCUT2D eigenvalue weighted by molar-refractivity contribution is 5.36. The lowest BCUT2D eigenvalue weighted by atomic mass is 10.1. The number of hydrogen-bond acceptors (Lipinski definition) is 6. The predicted molar refractivity (Wildman–Crippen MR) is 89.8 cm³/mol. The van der Waals surface area contributed by atoms with Crippen LogP contribution in [0.15, 0.2) is 12.4 Å². The van der Waals surface area contributed by atoms with Crippen molar-refractivity contribution in [3.63, 3.8) is 0 Å². The summed E-state index contributed by atoms with van der Waals surface area (Å²) in [6, 6.07) is 0.124. The Hall–Kier alpha value is -2.18. The largest absolute Gasteiger partial charge is 0.476 e. The smallest absolute Gasteiger partial charge is 0.234 e. The molecule has 7 nitrogen and oxygen atoms in total. The third kappa shape index (κ3) is 3.34. The molecule has 1 atom stereocenters. The molecule has 24 heavy (non-hydrogen) atoms. The van der Waals surface area contributed by atoms with Crippen LogP contribution in [0, 0.1) is 12.8 Å². The van der Waals surface area contributed by atoms with E-state index in [1.54, 1.807) is 12.4 Å². The molecule has 0 aromatic carbocycles. The average molecular weight is 328 g/mol. The Bertz CT molecular complexity index is 694. The summed E-state index contributed by atoms with van der Waals surface area (Å²) in [5.74, 6) is 3.80. The number of hydrogen-bond donors (Lipinski definition) is 1. The van der Waals surface area contributed by atoms with Gasteiger partial charge in [0.05, 0.1) is 25.0 Å². The van der Waals surface area contributed by atoms with Crippen LogP contribution in [0.2, 0.25) is 0 Å². The number of ether oxygens (including phenoxy) is 1. The molecule has 0 spiro atoms. The summed E-state index contributed by atoms with van der Waals surface area (Å²) in [6.07, 6.45) is 10.7. The number of fused-ring (bicyclic) bond motifs is 1. The van der Waals surface area contributed by atoms with Crippen LogP contribution in [0.25, 0.3) is 0 Å². The first-order valence-corrected chi connectivity index (χ1v) is 8.90. The zero-order chi connectivity index (χ0) is 16.4. The second-order valence-electron chi connectivity index (χ2n) is 6.78. The molecule has 7 heteroatoms. The van der Waals surface area contributed by atoms with Crippen molar-refractivity contribution in [1.82, 2.24) is 24.7 Å². The van der Waals surface area contributed by atoms with Crippen LogP contribution in [0.3, 0.4) is 0 Å². The molecule has 0 amide bonds. The highest BCUT2D eigenvalue weighted by Crippen LogP contribution is 2.28. The highest BCUT2D eigenvalue weighted by atomic mass is 16.5. The Morgan fingerprint density at radius 1 is 1.17 bits per heavy atom. The molecule has 128 valence electrons. The van der Waals surface area contributed by atoms with E-state index in [-0.39, 0.29) is 6.04 Å². The molecule has 0 saturated heterocycles. The molecule has 0 radical (unpaired) electrons. The van der Waals surface area contributed by atoms with Crippen molar-refractivity contribution in [3.05, 3.63) is 24.0 Å². The van der Waals surface area contributed by atoms with E-state index < -0.39 is 0 Å². The fraction of sp³-hybridized carbons (Fsp3) is 0.647. The maximum Gasteiger partial charge on any atom is 0.234 e. The molecule has 1 unspecified atom stereocenters. The van der Waals surface area contributed by atoms with E-state index in [4.69, 9.17) is 4.74 Å². The maximum atomic E-state index is 5.85. The first-order chi connectivity index (χ1) is 11.8. The molecule has 2 aliphatic rings. The molecule has 0 bridgehead atoms. The summed E-state index contributed by atoms with van der Waals surface area (Å²) in [4.78, 5) is 13.4. The van der Waals surface area contributed by atoms with Gasteiger partial charge in [0.15, 0.2) is 0 Å². The topological polar surface area (TPSA) is 77.8 Å². The summed E-state index contributed by atoms with van der Waals surface area (Å²) in [5.41, 5.74) is 0. The molecule has 1 aliphatic carbocycles. The summed E-state index contributed by atoms with van der Waals surface area (Å²) < 4.78 is 7.84. The molecule has 1 aliphatic heterocycles. The van der Waals surface area contributed by atoms with Crippen molar-refractivity contribution in [2.45, 2.75) is 58.0 Å². The molecule has 1 N–H and O–H groups in total. The van der Waals surface area contributed by atoms with Crippen molar-refractivity contribution < 1.29 is 4.74 Å². The van der Waals surface area contributed by atoms with E-state index in [0.717, 1.165) is 43.5 Å². The molecule has 4 rings (SSSR count). The minimum Gasteiger partial charge on any atom is -0.476 e. The molecule has 2 aromatic heterocycles. The van der Waals surface area contributed by atoms with Gasteiger partial charge in [-0.05, 0) is 38.5 Å². The van der Waals surface area contributed by atoms with Gasteiger partial charge in [-0.25, -0.2) is 9.67 Å². The van der Waals surface area contributed by atoms with E-state index in [1.807, 2.05) is 11.6 Å². The molecule has 2 aromatic rings. The summed E-state index contributed by atoms with van der Waals surface area (Å²) in [7, 11) is 0. The molecular formula is C17H24N6O. The van der Waals surface area contributed by atoms with E-state index in [9.17, 15) is 0 Å². The van der Waals surface area contributed by atoms with E-state index in [0.29, 0.717) is 11.8 Å². The number of anilines is 1.